The second kappa shape index (κ2) is 6.21. The molecule has 0 fully saturated rings. The molecule has 0 saturated heterocycles. The maximum absolute atomic E-state index is 6.12. The highest BCUT2D eigenvalue weighted by molar-refractivity contribution is 9.10. The van der Waals surface area contributed by atoms with E-state index in [0.717, 1.165) is 23.9 Å². The number of rotatable bonds is 5. The molecule has 0 aliphatic carbocycles. The summed E-state index contributed by atoms with van der Waals surface area (Å²) in [5.74, 6) is 0. The molecule has 2 N–H and O–H groups in total. The van der Waals surface area contributed by atoms with Crippen molar-refractivity contribution in [2.24, 2.45) is 5.73 Å². The van der Waals surface area contributed by atoms with Crippen molar-refractivity contribution in [3.05, 3.63) is 58.3 Å². The monoisotopic (exact) mass is 306 g/mol. The third-order valence-electron chi connectivity index (χ3n) is 3.06. The van der Waals surface area contributed by atoms with Crippen molar-refractivity contribution in [3.8, 4) is 0 Å². The Morgan fingerprint density at radius 2 is 2.17 bits per heavy atom. The fourth-order valence-electron chi connectivity index (χ4n) is 2.10. The topological polar surface area (TPSA) is 30.9 Å². The van der Waals surface area contributed by atoms with Crippen LogP contribution in [0.15, 0.2) is 47.2 Å². The highest BCUT2D eigenvalue weighted by atomic mass is 79.9. The van der Waals surface area contributed by atoms with Crippen LogP contribution in [0.25, 0.3) is 0 Å². The van der Waals surface area contributed by atoms with E-state index in [1.54, 1.807) is 0 Å². The van der Waals surface area contributed by atoms with Gasteiger partial charge in [0, 0.05) is 29.5 Å². The van der Waals surface area contributed by atoms with Gasteiger partial charge in [0.15, 0.2) is 0 Å². The van der Waals surface area contributed by atoms with E-state index in [0.29, 0.717) is 0 Å². The molecule has 0 spiro atoms. The van der Waals surface area contributed by atoms with Gasteiger partial charge < -0.3 is 10.3 Å². The number of benzene rings is 1. The van der Waals surface area contributed by atoms with Gasteiger partial charge in [-0.2, -0.15) is 0 Å². The molecule has 1 aromatic carbocycles. The number of aromatic nitrogens is 1. The zero-order valence-corrected chi connectivity index (χ0v) is 12.2. The zero-order valence-electron chi connectivity index (χ0n) is 10.6. The van der Waals surface area contributed by atoms with Crippen LogP contribution in [0.4, 0.5) is 0 Å². The first-order valence-electron chi connectivity index (χ1n) is 6.34. The minimum atomic E-state index is 0.166. The number of nitrogens with two attached hydrogens (primary N) is 1. The largest absolute Gasteiger partial charge is 0.350 e. The summed E-state index contributed by atoms with van der Waals surface area (Å²) >= 11 is 3.50. The van der Waals surface area contributed by atoms with Gasteiger partial charge in [0.2, 0.25) is 0 Å². The Morgan fingerprint density at radius 3 is 2.89 bits per heavy atom. The van der Waals surface area contributed by atoms with Crippen LogP contribution in [-0.4, -0.2) is 4.57 Å². The summed E-state index contributed by atoms with van der Waals surface area (Å²) in [6, 6.07) is 10.7. The maximum atomic E-state index is 6.12. The predicted octanol–water partition coefficient (Wildman–Crippen LogP) is 4.10. The summed E-state index contributed by atoms with van der Waals surface area (Å²) in [7, 11) is 0. The van der Waals surface area contributed by atoms with Crippen molar-refractivity contribution in [2.75, 3.05) is 0 Å². The van der Waals surface area contributed by atoms with E-state index in [2.05, 4.69) is 64.1 Å². The Hall–Kier alpha value is -1.06. The predicted molar refractivity (Wildman–Crippen MR) is 79.5 cm³/mol. The summed E-state index contributed by atoms with van der Waals surface area (Å²) in [6.07, 6.45) is 6.42. The molecule has 3 heteroatoms. The van der Waals surface area contributed by atoms with Crippen molar-refractivity contribution in [2.45, 2.75) is 32.4 Å². The molecule has 1 heterocycles. The minimum absolute atomic E-state index is 0.166. The second-order valence-corrected chi connectivity index (χ2v) is 5.56. The number of halogens is 1. The molecule has 96 valence electrons. The maximum Gasteiger partial charge on any atom is 0.0470 e. The van der Waals surface area contributed by atoms with E-state index in [-0.39, 0.29) is 6.04 Å². The van der Waals surface area contributed by atoms with Gasteiger partial charge in [-0.3, -0.25) is 0 Å². The van der Waals surface area contributed by atoms with E-state index >= 15 is 0 Å². The van der Waals surface area contributed by atoms with Gasteiger partial charge >= 0.3 is 0 Å². The van der Waals surface area contributed by atoms with E-state index < -0.39 is 0 Å². The summed E-state index contributed by atoms with van der Waals surface area (Å²) in [6.45, 7) is 3.05. The molecule has 2 aromatic rings. The Bertz CT molecular complexity index is 505. The van der Waals surface area contributed by atoms with Crippen LogP contribution in [0.1, 0.15) is 36.9 Å². The lowest BCUT2D eigenvalue weighted by Gasteiger charge is -2.08. The number of hydrogen-bond donors (Lipinski definition) is 1. The van der Waals surface area contributed by atoms with Gasteiger partial charge in [-0.1, -0.05) is 41.4 Å². The van der Waals surface area contributed by atoms with Gasteiger partial charge in [-0.15, -0.1) is 0 Å². The van der Waals surface area contributed by atoms with Gasteiger partial charge in [-0.05, 0) is 35.7 Å². The van der Waals surface area contributed by atoms with Crippen LogP contribution in [0.2, 0.25) is 0 Å². The average Bonchev–Trinajstić information content (AvgIpc) is 2.78. The smallest absolute Gasteiger partial charge is 0.0470 e. The number of nitrogens with zero attached hydrogens (tertiary/aromatic N) is 1. The SMILES string of the molecule is CCCC(N)c1ccn(Cc2cccc(Br)c2)c1. The number of hydrogen-bond acceptors (Lipinski definition) is 1. The fraction of sp³-hybridized carbons (Fsp3) is 0.333. The van der Waals surface area contributed by atoms with Gasteiger partial charge in [0.05, 0.1) is 0 Å². The Kier molecular flexibility index (Phi) is 4.61. The molecule has 1 aromatic heterocycles. The standard InChI is InChI=1S/C15H19BrN2/c1-2-4-15(17)13-7-8-18(11-13)10-12-5-3-6-14(16)9-12/h3,5-9,11,15H,2,4,10,17H2,1H3. The van der Waals surface area contributed by atoms with E-state index in [1.807, 2.05) is 6.07 Å². The molecule has 0 saturated carbocycles. The third kappa shape index (κ3) is 3.47. The third-order valence-corrected chi connectivity index (χ3v) is 3.55. The first-order valence-corrected chi connectivity index (χ1v) is 7.14. The van der Waals surface area contributed by atoms with Crippen molar-refractivity contribution >= 4 is 15.9 Å². The molecule has 2 rings (SSSR count). The Morgan fingerprint density at radius 1 is 1.33 bits per heavy atom. The molecule has 0 amide bonds. The highest BCUT2D eigenvalue weighted by Crippen LogP contribution is 2.17. The molecule has 1 unspecified atom stereocenters. The first kappa shape index (κ1) is 13.4. The summed E-state index contributed by atoms with van der Waals surface area (Å²) in [4.78, 5) is 0. The lowest BCUT2D eigenvalue weighted by Crippen LogP contribution is -2.08. The quantitative estimate of drug-likeness (QED) is 0.886. The van der Waals surface area contributed by atoms with Crippen LogP contribution in [0, 0.1) is 0 Å². The molecule has 2 nitrogen and oxygen atoms in total. The first-order chi connectivity index (χ1) is 8.69. The molecular weight excluding hydrogens is 288 g/mol. The second-order valence-electron chi connectivity index (χ2n) is 4.64. The highest BCUT2D eigenvalue weighted by Gasteiger charge is 2.06. The normalized spacial score (nSPS) is 12.6. The van der Waals surface area contributed by atoms with Crippen LogP contribution < -0.4 is 5.73 Å². The average molecular weight is 307 g/mol. The summed E-state index contributed by atoms with van der Waals surface area (Å²) < 4.78 is 3.31. The van der Waals surface area contributed by atoms with Crippen molar-refractivity contribution in [1.29, 1.82) is 0 Å². The van der Waals surface area contributed by atoms with Crippen LogP contribution >= 0.6 is 15.9 Å². The molecule has 0 aliphatic heterocycles. The van der Waals surface area contributed by atoms with Crippen LogP contribution in [-0.2, 0) is 6.54 Å². The van der Waals surface area contributed by atoms with E-state index in [9.17, 15) is 0 Å². The zero-order chi connectivity index (χ0) is 13.0. The Balaban J connectivity index is 2.06. The van der Waals surface area contributed by atoms with Gasteiger partial charge in [0.25, 0.3) is 0 Å². The lowest BCUT2D eigenvalue weighted by molar-refractivity contribution is 0.636. The molecule has 18 heavy (non-hydrogen) atoms. The lowest BCUT2D eigenvalue weighted by atomic mass is 10.1. The van der Waals surface area contributed by atoms with Gasteiger partial charge in [-0.25, -0.2) is 0 Å². The molecule has 0 aliphatic rings. The molecular formula is C15H19BrN2. The minimum Gasteiger partial charge on any atom is -0.350 e. The molecule has 0 radical (unpaired) electrons. The Labute approximate surface area is 117 Å². The molecule has 1 atom stereocenters. The molecule has 0 bridgehead atoms. The van der Waals surface area contributed by atoms with Crippen molar-refractivity contribution in [3.63, 3.8) is 0 Å². The van der Waals surface area contributed by atoms with Gasteiger partial charge in [0.1, 0.15) is 0 Å². The van der Waals surface area contributed by atoms with E-state index in [1.165, 1.54) is 11.1 Å². The van der Waals surface area contributed by atoms with Crippen molar-refractivity contribution in [1.82, 2.24) is 4.57 Å². The van der Waals surface area contributed by atoms with Crippen LogP contribution in [0.5, 0.6) is 0 Å². The van der Waals surface area contributed by atoms with Crippen LogP contribution in [0.3, 0.4) is 0 Å². The van der Waals surface area contributed by atoms with Crippen molar-refractivity contribution < 1.29 is 0 Å². The van der Waals surface area contributed by atoms with E-state index in [4.69, 9.17) is 5.73 Å². The fourth-order valence-corrected chi connectivity index (χ4v) is 2.55. The summed E-state index contributed by atoms with van der Waals surface area (Å²) in [5.41, 5.74) is 8.63. The summed E-state index contributed by atoms with van der Waals surface area (Å²) in [5, 5.41) is 0.